The molecule has 0 aromatic heterocycles. The van der Waals surface area contributed by atoms with E-state index in [4.69, 9.17) is 4.74 Å². The van der Waals surface area contributed by atoms with Crippen LogP contribution in [-0.2, 0) is 15.5 Å². The fourth-order valence-corrected chi connectivity index (χ4v) is 4.68. The number of hydrogen-bond acceptors (Lipinski definition) is 2. The Morgan fingerprint density at radius 2 is 1.95 bits per heavy atom. The van der Waals surface area contributed by atoms with E-state index in [2.05, 4.69) is 26.0 Å². The van der Waals surface area contributed by atoms with Crippen LogP contribution in [0.25, 0.3) is 5.57 Å². The summed E-state index contributed by atoms with van der Waals surface area (Å²) < 4.78 is 17.3. The van der Waals surface area contributed by atoms with E-state index in [-0.39, 0.29) is 0 Å². The van der Waals surface area contributed by atoms with Crippen LogP contribution in [-0.4, -0.2) is 22.3 Å². The van der Waals surface area contributed by atoms with Crippen LogP contribution in [0, 0.1) is 5.41 Å². The number of benzene rings is 1. The van der Waals surface area contributed by atoms with E-state index in [0.717, 1.165) is 37.4 Å². The van der Waals surface area contributed by atoms with E-state index in [1.807, 2.05) is 24.5 Å². The lowest BCUT2D eigenvalue weighted by Crippen LogP contribution is -2.30. The van der Waals surface area contributed by atoms with Crippen LogP contribution in [0.4, 0.5) is 0 Å². The van der Waals surface area contributed by atoms with E-state index in [0.29, 0.717) is 5.41 Å². The maximum atomic E-state index is 11.5. The molecule has 2 nitrogen and oxygen atoms in total. The molecule has 1 aromatic carbocycles. The Kier molecular flexibility index (Phi) is 6.69. The summed E-state index contributed by atoms with van der Waals surface area (Å²) in [6, 6.07) is 10.3. The van der Waals surface area contributed by atoms with Crippen LogP contribution in [0.1, 0.15) is 51.5 Å². The van der Waals surface area contributed by atoms with E-state index >= 15 is 0 Å². The normalized spacial score (nSPS) is 25.9. The predicted molar refractivity (Wildman–Crippen MR) is 95.1 cm³/mol. The lowest BCUT2D eigenvalue weighted by molar-refractivity contribution is 0.178. The van der Waals surface area contributed by atoms with Crippen molar-refractivity contribution in [1.29, 1.82) is 0 Å². The fraction of sp³-hybridized carbons (Fsp3) is 0.579. The van der Waals surface area contributed by atoms with Gasteiger partial charge in [0.25, 0.3) is 0 Å². The molecule has 22 heavy (non-hydrogen) atoms. The second-order valence-corrected chi connectivity index (χ2v) is 8.04. The standard InChI is InChI=1S/C19H28O2S/c1-3-19(11-14-22(20)15-12-19)10-7-13-21-16-17(2)18-8-5-4-6-9-18/h4-6,8-9,16H,3,7,10-15H2,1-2H3/b17-16-. The van der Waals surface area contributed by atoms with E-state index in [9.17, 15) is 4.21 Å². The highest BCUT2D eigenvalue weighted by Crippen LogP contribution is 2.39. The van der Waals surface area contributed by atoms with Gasteiger partial charge in [-0.05, 0) is 49.2 Å². The minimum Gasteiger partial charge on any atom is -0.501 e. The topological polar surface area (TPSA) is 26.3 Å². The molecule has 2 rings (SSSR count). The first-order chi connectivity index (χ1) is 10.7. The Hall–Kier alpha value is -1.09. The maximum Gasteiger partial charge on any atom is 0.0873 e. The first-order valence-corrected chi connectivity index (χ1v) is 9.83. The molecule has 0 unspecified atom stereocenters. The van der Waals surface area contributed by atoms with Gasteiger partial charge in [-0.15, -0.1) is 0 Å². The van der Waals surface area contributed by atoms with Crippen molar-refractivity contribution in [1.82, 2.24) is 0 Å². The van der Waals surface area contributed by atoms with Crippen molar-refractivity contribution in [2.75, 3.05) is 18.1 Å². The molecule has 1 saturated heterocycles. The monoisotopic (exact) mass is 320 g/mol. The number of allylic oxidation sites excluding steroid dienone is 1. The molecule has 122 valence electrons. The van der Waals surface area contributed by atoms with Crippen LogP contribution in [0.3, 0.4) is 0 Å². The Balaban J connectivity index is 1.73. The molecule has 3 heteroatoms. The summed E-state index contributed by atoms with van der Waals surface area (Å²) in [5, 5.41) is 0. The van der Waals surface area contributed by atoms with Gasteiger partial charge in [0.2, 0.25) is 0 Å². The van der Waals surface area contributed by atoms with Crippen molar-refractivity contribution in [3.63, 3.8) is 0 Å². The molecule has 0 aliphatic carbocycles. The second-order valence-electron chi connectivity index (χ2n) is 6.34. The summed E-state index contributed by atoms with van der Waals surface area (Å²) in [6.07, 6.45) is 7.59. The van der Waals surface area contributed by atoms with Gasteiger partial charge < -0.3 is 4.74 Å². The third-order valence-electron chi connectivity index (χ3n) is 4.93. The van der Waals surface area contributed by atoms with Crippen LogP contribution in [0.5, 0.6) is 0 Å². The summed E-state index contributed by atoms with van der Waals surface area (Å²) in [5.41, 5.74) is 2.79. The van der Waals surface area contributed by atoms with E-state index in [1.165, 1.54) is 24.0 Å². The van der Waals surface area contributed by atoms with Gasteiger partial charge in [0, 0.05) is 22.3 Å². The van der Waals surface area contributed by atoms with Gasteiger partial charge >= 0.3 is 0 Å². The van der Waals surface area contributed by atoms with Gasteiger partial charge in [0.05, 0.1) is 12.9 Å². The lowest BCUT2D eigenvalue weighted by atomic mass is 9.76. The molecule has 1 aliphatic heterocycles. The van der Waals surface area contributed by atoms with Crippen molar-refractivity contribution >= 4 is 16.4 Å². The van der Waals surface area contributed by atoms with Crippen LogP contribution in [0.15, 0.2) is 36.6 Å². The highest BCUT2D eigenvalue weighted by Gasteiger charge is 2.31. The molecule has 1 aliphatic rings. The summed E-state index contributed by atoms with van der Waals surface area (Å²) in [4.78, 5) is 0. The molecular weight excluding hydrogens is 292 g/mol. The van der Waals surface area contributed by atoms with E-state index in [1.54, 1.807) is 0 Å². The molecule has 0 saturated carbocycles. The minimum atomic E-state index is -0.566. The summed E-state index contributed by atoms with van der Waals surface area (Å²) in [7, 11) is -0.566. The zero-order valence-corrected chi connectivity index (χ0v) is 14.7. The average molecular weight is 320 g/mol. The average Bonchev–Trinajstić information content (AvgIpc) is 2.57. The molecule has 1 fully saturated rings. The highest BCUT2D eigenvalue weighted by atomic mass is 32.2. The lowest BCUT2D eigenvalue weighted by Gasteiger charge is -2.36. The molecule has 0 N–H and O–H groups in total. The van der Waals surface area contributed by atoms with Crippen LogP contribution >= 0.6 is 0 Å². The zero-order valence-electron chi connectivity index (χ0n) is 13.8. The minimum absolute atomic E-state index is 0.412. The Labute approximate surface area is 137 Å². The maximum absolute atomic E-state index is 11.5. The molecule has 0 amide bonds. The zero-order chi connectivity index (χ0) is 15.8. The smallest absolute Gasteiger partial charge is 0.0873 e. The molecule has 1 heterocycles. The molecule has 0 spiro atoms. The predicted octanol–water partition coefficient (Wildman–Crippen LogP) is 4.78. The highest BCUT2D eigenvalue weighted by molar-refractivity contribution is 7.85. The van der Waals surface area contributed by atoms with Crippen molar-refractivity contribution < 1.29 is 8.95 Å². The first kappa shape index (κ1) is 17.3. The van der Waals surface area contributed by atoms with Gasteiger partial charge in [0.1, 0.15) is 0 Å². The van der Waals surface area contributed by atoms with Gasteiger partial charge in [-0.1, -0.05) is 43.7 Å². The molecule has 0 bridgehead atoms. The Morgan fingerprint density at radius 1 is 1.27 bits per heavy atom. The Morgan fingerprint density at radius 3 is 2.59 bits per heavy atom. The molecule has 0 atom stereocenters. The van der Waals surface area contributed by atoms with Crippen molar-refractivity contribution in [3.8, 4) is 0 Å². The van der Waals surface area contributed by atoms with Gasteiger partial charge in [-0.3, -0.25) is 4.21 Å². The van der Waals surface area contributed by atoms with E-state index < -0.39 is 10.8 Å². The first-order valence-electron chi connectivity index (χ1n) is 8.34. The van der Waals surface area contributed by atoms with Crippen LogP contribution < -0.4 is 0 Å². The van der Waals surface area contributed by atoms with Crippen molar-refractivity contribution in [2.24, 2.45) is 5.41 Å². The number of rotatable bonds is 7. The third-order valence-corrected chi connectivity index (χ3v) is 6.25. The second kappa shape index (κ2) is 8.52. The van der Waals surface area contributed by atoms with Crippen molar-refractivity contribution in [2.45, 2.75) is 46.0 Å². The van der Waals surface area contributed by atoms with Gasteiger partial charge in [-0.25, -0.2) is 0 Å². The van der Waals surface area contributed by atoms with Gasteiger partial charge in [0.15, 0.2) is 0 Å². The quantitative estimate of drug-likeness (QED) is 0.533. The number of ether oxygens (including phenoxy) is 1. The van der Waals surface area contributed by atoms with Crippen LogP contribution in [0.2, 0.25) is 0 Å². The fourth-order valence-electron chi connectivity index (χ4n) is 3.15. The summed E-state index contributed by atoms with van der Waals surface area (Å²) >= 11 is 0. The Bertz CT molecular complexity index is 497. The number of hydrogen-bond donors (Lipinski definition) is 0. The summed E-state index contributed by atoms with van der Waals surface area (Å²) in [6.45, 7) is 5.13. The molecular formula is C19H28O2S. The third kappa shape index (κ3) is 4.98. The summed E-state index contributed by atoms with van der Waals surface area (Å²) in [5.74, 6) is 1.78. The van der Waals surface area contributed by atoms with Gasteiger partial charge in [-0.2, -0.15) is 0 Å². The largest absolute Gasteiger partial charge is 0.501 e. The molecule has 1 aromatic rings. The SMILES string of the molecule is CCC1(CCCO/C=C(/C)c2ccccc2)CCS(=O)CC1. The van der Waals surface area contributed by atoms with Crippen molar-refractivity contribution in [3.05, 3.63) is 42.2 Å². The molecule has 0 radical (unpaired) electrons.